The predicted octanol–water partition coefficient (Wildman–Crippen LogP) is 5.23. The van der Waals surface area contributed by atoms with Crippen molar-refractivity contribution in [2.24, 2.45) is 13.0 Å². The van der Waals surface area contributed by atoms with Gasteiger partial charge in [0.1, 0.15) is 4.83 Å². The summed E-state index contributed by atoms with van der Waals surface area (Å²) in [5.41, 5.74) is 1.01. The highest BCUT2D eigenvalue weighted by atomic mass is 32.1. The summed E-state index contributed by atoms with van der Waals surface area (Å²) >= 11 is 1.61. The lowest BCUT2D eigenvalue weighted by Crippen LogP contribution is -2.47. The average Bonchev–Trinajstić information content (AvgIpc) is 3.32. The molecule has 0 aliphatic carbocycles. The summed E-state index contributed by atoms with van der Waals surface area (Å²) in [6.07, 6.45) is 9.62. The second-order valence-corrected chi connectivity index (χ2v) is 10.6. The monoisotopic (exact) mass is 430 g/mol. The minimum atomic E-state index is 0.244. The van der Waals surface area contributed by atoms with Crippen LogP contribution in [0.3, 0.4) is 0 Å². The van der Waals surface area contributed by atoms with E-state index in [1.54, 1.807) is 11.3 Å². The van der Waals surface area contributed by atoms with Crippen molar-refractivity contribution in [1.82, 2.24) is 19.6 Å². The zero-order valence-corrected chi connectivity index (χ0v) is 20.2. The molecule has 4 rings (SSSR count). The minimum Gasteiger partial charge on any atom is -0.335 e. The molecule has 0 aromatic carbocycles. The maximum atomic E-state index is 13.8. The van der Waals surface area contributed by atoms with Gasteiger partial charge in [0.05, 0.1) is 10.6 Å². The highest BCUT2D eigenvalue weighted by Gasteiger charge is 2.40. The predicted molar refractivity (Wildman–Crippen MR) is 125 cm³/mol. The normalized spacial score (nSPS) is 24.3. The Kier molecular flexibility index (Phi) is 6.54. The van der Waals surface area contributed by atoms with Gasteiger partial charge in [0, 0.05) is 37.1 Å². The smallest absolute Gasteiger partial charge is 0.264 e. The second-order valence-electron chi connectivity index (χ2n) is 9.62. The largest absolute Gasteiger partial charge is 0.335 e. The molecule has 6 heteroatoms. The van der Waals surface area contributed by atoms with E-state index in [0.717, 1.165) is 65.1 Å². The summed E-state index contributed by atoms with van der Waals surface area (Å²) in [4.78, 5) is 20.7. The molecule has 2 bridgehead atoms. The lowest BCUT2D eigenvalue weighted by molar-refractivity contribution is 0.0523. The van der Waals surface area contributed by atoms with Crippen LogP contribution in [-0.4, -0.2) is 57.2 Å². The van der Waals surface area contributed by atoms with Gasteiger partial charge in [-0.3, -0.25) is 9.48 Å². The molecule has 30 heavy (non-hydrogen) atoms. The maximum absolute atomic E-state index is 13.8. The van der Waals surface area contributed by atoms with Crippen molar-refractivity contribution >= 4 is 27.5 Å². The summed E-state index contributed by atoms with van der Waals surface area (Å²) in [6.45, 7) is 7.45. The van der Waals surface area contributed by atoms with Crippen molar-refractivity contribution in [3.05, 3.63) is 16.6 Å². The first kappa shape index (κ1) is 21.8. The Bertz CT molecular complexity index is 833. The van der Waals surface area contributed by atoms with Crippen LogP contribution in [0.5, 0.6) is 0 Å². The van der Waals surface area contributed by atoms with Gasteiger partial charge in [-0.2, -0.15) is 5.10 Å². The number of fused-ring (bicyclic) bond motifs is 3. The van der Waals surface area contributed by atoms with Gasteiger partial charge < -0.3 is 9.80 Å². The lowest BCUT2D eigenvalue weighted by Gasteiger charge is -2.40. The first-order chi connectivity index (χ1) is 14.4. The summed E-state index contributed by atoms with van der Waals surface area (Å²) in [5, 5.41) is 5.64. The van der Waals surface area contributed by atoms with Crippen LogP contribution in [0.2, 0.25) is 0 Å². The number of piperidine rings is 1. The molecule has 4 heterocycles. The number of carbonyl (C=O) groups excluding carboxylic acids is 1. The molecule has 0 N–H and O–H groups in total. The summed E-state index contributed by atoms with van der Waals surface area (Å²) in [6, 6.07) is 3.89. The number of thiophene rings is 1. The number of hydrogen-bond donors (Lipinski definition) is 0. The van der Waals surface area contributed by atoms with Crippen molar-refractivity contribution in [3.8, 4) is 0 Å². The number of rotatable bonds is 8. The van der Waals surface area contributed by atoms with Crippen LogP contribution in [-0.2, 0) is 7.05 Å². The number of carbonyl (C=O) groups is 1. The molecule has 2 aromatic heterocycles. The molecular formula is C24H38N4OS. The van der Waals surface area contributed by atoms with Crippen LogP contribution in [0.1, 0.15) is 80.6 Å². The third-order valence-electron chi connectivity index (χ3n) is 7.50. The number of nitrogens with zero attached hydrogens (tertiary/aromatic N) is 4. The van der Waals surface area contributed by atoms with Gasteiger partial charge in [-0.25, -0.2) is 0 Å². The summed E-state index contributed by atoms with van der Waals surface area (Å²) < 4.78 is 1.92. The van der Waals surface area contributed by atoms with E-state index < -0.39 is 0 Å². The van der Waals surface area contributed by atoms with Crippen molar-refractivity contribution < 1.29 is 4.79 Å². The van der Waals surface area contributed by atoms with Crippen LogP contribution in [0.15, 0.2) is 6.07 Å². The van der Waals surface area contributed by atoms with Crippen molar-refractivity contribution in [2.45, 2.75) is 90.3 Å². The molecule has 1 unspecified atom stereocenters. The molecule has 2 aliphatic heterocycles. The summed E-state index contributed by atoms with van der Waals surface area (Å²) in [7, 11) is 4.27. The highest BCUT2D eigenvalue weighted by molar-refractivity contribution is 7.20. The Labute approximate surface area is 185 Å². The van der Waals surface area contributed by atoms with E-state index in [-0.39, 0.29) is 5.91 Å². The molecule has 2 fully saturated rings. The number of hydrogen-bond acceptors (Lipinski definition) is 4. The zero-order chi connectivity index (χ0) is 21.4. The van der Waals surface area contributed by atoms with Crippen LogP contribution in [0.4, 0.5) is 0 Å². The van der Waals surface area contributed by atoms with Gasteiger partial charge in [0.25, 0.3) is 5.91 Å². The Hall–Kier alpha value is -1.40. The fourth-order valence-corrected chi connectivity index (χ4v) is 7.00. The van der Waals surface area contributed by atoms with Gasteiger partial charge in [0.2, 0.25) is 0 Å². The third-order valence-corrected chi connectivity index (χ3v) is 8.69. The van der Waals surface area contributed by atoms with E-state index in [9.17, 15) is 4.79 Å². The van der Waals surface area contributed by atoms with E-state index in [0.29, 0.717) is 12.0 Å². The Morgan fingerprint density at radius 1 is 1.20 bits per heavy atom. The first-order valence-electron chi connectivity index (χ1n) is 11.9. The van der Waals surface area contributed by atoms with Gasteiger partial charge in [-0.15, -0.1) is 11.3 Å². The summed E-state index contributed by atoms with van der Waals surface area (Å²) in [5.74, 6) is 0.880. The first-order valence-corrected chi connectivity index (χ1v) is 12.7. The SMILES string of the molecule is CCCC(CCC)N(CC1C[C@H]2CC[C@@H](C1)N2C)C(=O)c1cc2c(C)nn(C)c2s1. The highest BCUT2D eigenvalue weighted by Crippen LogP contribution is 2.38. The van der Waals surface area contributed by atoms with Gasteiger partial charge in [-0.1, -0.05) is 26.7 Å². The van der Waals surface area contributed by atoms with E-state index in [2.05, 4.69) is 41.9 Å². The Morgan fingerprint density at radius 2 is 1.83 bits per heavy atom. The second kappa shape index (κ2) is 8.99. The van der Waals surface area contributed by atoms with Crippen LogP contribution in [0.25, 0.3) is 10.2 Å². The van der Waals surface area contributed by atoms with Crippen LogP contribution in [0, 0.1) is 12.8 Å². The molecule has 2 aliphatic rings. The molecule has 166 valence electrons. The fraction of sp³-hybridized carbons (Fsp3) is 0.750. The third kappa shape index (κ3) is 4.05. The molecular weight excluding hydrogens is 392 g/mol. The molecule has 0 spiro atoms. The fourth-order valence-electron chi connectivity index (χ4n) is 5.92. The number of aromatic nitrogens is 2. The molecule has 0 saturated carbocycles. The van der Waals surface area contributed by atoms with Gasteiger partial charge in [-0.05, 0) is 64.5 Å². The maximum Gasteiger partial charge on any atom is 0.264 e. The van der Waals surface area contributed by atoms with Crippen molar-refractivity contribution in [1.29, 1.82) is 0 Å². The van der Waals surface area contributed by atoms with Crippen molar-refractivity contribution in [2.75, 3.05) is 13.6 Å². The van der Waals surface area contributed by atoms with Gasteiger partial charge in [0.15, 0.2) is 0 Å². The minimum absolute atomic E-state index is 0.244. The molecule has 0 radical (unpaired) electrons. The van der Waals surface area contributed by atoms with Gasteiger partial charge >= 0.3 is 0 Å². The number of amides is 1. The quantitative estimate of drug-likeness (QED) is 0.576. The van der Waals surface area contributed by atoms with E-state index in [4.69, 9.17) is 0 Å². The zero-order valence-electron chi connectivity index (χ0n) is 19.4. The van der Waals surface area contributed by atoms with E-state index in [1.165, 1.54) is 25.7 Å². The molecule has 3 atom stereocenters. The standard InChI is InChI=1S/C24H38N4OS/c1-6-8-18(9-7-2)28(15-17-12-19-10-11-20(13-17)26(19)4)23(29)22-14-21-16(3)25-27(5)24(21)30-22/h14,17-20H,6-13,15H2,1-5H3/t17?,19-,20+. The number of aryl methyl sites for hydroxylation is 2. The molecule has 1 amide bonds. The van der Waals surface area contributed by atoms with Crippen LogP contribution < -0.4 is 0 Å². The Morgan fingerprint density at radius 3 is 2.40 bits per heavy atom. The van der Waals surface area contributed by atoms with E-state index >= 15 is 0 Å². The van der Waals surface area contributed by atoms with E-state index in [1.807, 2.05) is 18.7 Å². The molecule has 5 nitrogen and oxygen atoms in total. The average molecular weight is 431 g/mol. The molecule has 2 saturated heterocycles. The van der Waals surface area contributed by atoms with Crippen molar-refractivity contribution in [3.63, 3.8) is 0 Å². The Balaban J connectivity index is 1.60. The molecule has 2 aromatic rings. The topological polar surface area (TPSA) is 41.4 Å². The lowest BCUT2D eigenvalue weighted by atomic mass is 9.89. The van der Waals surface area contributed by atoms with Crippen LogP contribution >= 0.6 is 11.3 Å².